The molecule has 0 unspecified atom stereocenters. The van der Waals surface area contributed by atoms with Gasteiger partial charge in [-0.05, 0) is 30.7 Å². The molecule has 34 heavy (non-hydrogen) atoms. The third-order valence-corrected chi connectivity index (χ3v) is 4.62. The molecule has 2 rings (SSSR count). The molecule has 0 saturated heterocycles. The molecule has 0 aliphatic heterocycles. The maximum Gasteiger partial charge on any atom is 0.203 e. The van der Waals surface area contributed by atoms with Crippen molar-refractivity contribution in [2.45, 2.75) is 19.8 Å². The van der Waals surface area contributed by atoms with Gasteiger partial charge in [0.25, 0.3) is 0 Å². The molecule has 10 heteroatoms. The molecule has 0 saturated carbocycles. The topological polar surface area (TPSA) is 141 Å². The van der Waals surface area contributed by atoms with E-state index in [1.54, 1.807) is 12.1 Å². The third kappa shape index (κ3) is 7.53. The number of hydrogen-bond acceptors (Lipinski definition) is 10. The molecule has 0 radical (unpaired) electrons. The smallest absolute Gasteiger partial charge is 0.203 e. The van der Waals surface area contributed by atoms with Gasteiger partial charge in [0.2, 0.25) is 11.5 Å². The van der Waals surface area contributed by atoms with E-state index in [1.807, 2.05) is 0 Å². The Hall–Kier alpha value is -3.50. The fraction of sp³-hybridized carbons (Fsp3) is 0.417. The lowest BCUT2D eigenvalue weighted by Crippen LogP contribution is -2.07. The van der Waals surface area contributed by atoms with Crippen molar-refractivity contribution in [3.8, 4) is 34.5 Å². The summed E-state index contributed by atoms with van der Waals surface area (Å²) in [6, 6.07) is 5.78. The Morgan fingerprint density at radius 2 is 1.12 bits per heavy atom. The zero-order chi connectivity index (χ0) is 25.7. The average Bonchev–Trinajstić information content (AvgIpc) is 2.88. The van der Waals surface area contributed by atoms with Crippen LogP contribution < -0.4 is 23.7 Å². The van der Waals surface area contributed by atoms with Crippen LogP contribution in [0, 0.1) is 0 Å². The van der Waals surface area contributed by atoms with Gasteiger partial charge in [0, 0.05) is 11.1 Å². The predicted molar refractivity (Wildman–Crippen MR) is 124 cm³/mol. The highest BCUT2D eigenvalue weighted by molar-refractivity contribution is 5.98. The summed E-state index contributed by atoms with van der Waals surface area (Å²) in [5, 5.41) is 27.1. The molecule has 0 bridgehead atoms. The van der Waals surface area contributed by atoms with Crippen molar-refractivity contribution >= 4 is 11.6 Å². The molecule has 0 atom stereocenters. The van der Waals surface area contributed by atoms with Gasteiger partial charge >= 0.3 is 0 Å². The van der Waals surface area contributed by atoms with Crippen LogP contribution in [0.5, 0.6) is 34.5 Å². The fourth-order valence-electron chi connectivity index (χ4n) is 2.74. The van der Waals surface area contributed by atoms with E-state index in [0.29, 0.717) is 29.4 Å². The van der Waals surface area contributed by atoms with Crippen LogP contribution in [0.4, 0.5) is 0 Å². The number of carbonyl (C=O) groups is 2. The second-order valence-corrected chi connectivity index (χ2v) is 6.80. The minimum Gasteiger partial charge on any atom is -0.502 e. The second-order valence-electron chi connectivity index (χ2n) is 6.80. The van der Waals surface area contributed by atoms with Crippen molar-refractivity contribution in [1.82, 2.24) is 0 Å². The summed E-state index contributed by atoms with van der Waals surface area (Å²) in [7, 11) is 5.71. The van der Waals surface area contributed by atoms with Crippen LogP contribution in [0.15, 0.2) is 24.3 Å². The third-order valence-electron chi connectivity index (χ3n) is 4.62. The Morgan fingerprint density at radius 3 is 1.44 bits per heavy atom. The molecule has 0 aromatic heterocycles. The largest absolute Gasteiger partial charge is 0.502 e. The lowest BCUT2D eigenvalue weighted by Gasteiger charge is -2.15. The molecule has 2 aromatic rings. The Bertz CT molecular complexity index is 905. The molecule has 0 aliphatic rings. The van der Waals surface area contributed by atoms with E-state index in [4.69, 9.17) is 33.9 Å². The summed E-state index contributed by atoms with van der Waals surface area (Å²) < 4.78 is 25.8. The number of phenols is 1. The molecular formula is C24H32O10. The van der Waals surface area contributed by atoms with E-state index in [0.717, 1.165) is 12.8 Å². The summed E-state index contributed by atoms with van der Waals surface area (Å²) in [5.74, 6) is 0.558. The van der Waals surface area contributed by atoms with Crippen molar-refractivity contribution in [2.75, 3.05) is 48.3 Å². The molecule has 10 nitrogen and oxygen atoms in total. The molecule has 0 aliphatic carbocycles. The molecule has 0 heterocycles. The number of Topliss-reactive ketones (excluding diaryl/α,β-unsaturated/α-hetero) is 2. The molecule has 0 amide bonds. The highest BCUT2D eigenvalue weighted by atomic mass is 16.5. The Kier molecular flexibility index (Phi) is 12.3. The maximum absolute atomic E-state index is 11.5. The Balaban J connectivity index is 0.000000350. The first-order chi connectivity index (χ1) is 16.3. The predicted octanol–water partition coefficient (Wildman–Crippen LogP) is 2.64. The van der Waals surface area contributed by atoms with Gasteiger partial charge in [-0.1, -0.05) is 13.3 Å². The van der Waals surface area contributed by atoms with Crippen molar-refractivity contribution < 1.29 is 48.6 Å². The number of hydrogen-bond donors (Lipinski definition) is 3. The normalized spacial score (nSPS) is 9.97. The molecule has 3 N–H and O–H groups in total. The lowest BCUT2D eigenvalue weighted by atomic mass is 10.1. The van der Waals surface area contributed by atoms with Crippen LogP contribution in [0.25, 0.3) is 0 Å². The van der Waals surface area contributed by atoms with Crippen molar-refractivity contribution in [3.05, 3.63) is 35.4 Å². The zero-order valence-electron chi connectivity index (χ0n) is 20.0. The van der Waals surface area contributed by atoms with Gasteiger partial charge in [-0.3, -0.25) is 9.59 Å². The number of methoxy groups -OCH3 is 4. The molecule has 188 valence electrons. The van der Waals surface area contributed by atoms with E-state index >= 15 is 0 Å². The van der Waals surface area contributed by atoms with Gasteiger partial charge in [0.05, 0.1) is 35.0 Å². The summed E-state index contributed by atoms with van der Waals surface area (Å²) in [4.78, 5) is 22.7. The number of phenolic OH excluding ortho intramolecular Hbond substituents is 1. The van der Waals surface area contributed by atoms with Crippen molar-refractivity contribution in [1.29, 1.82) is 0 Å². The van der Waals surface area contributed by atoms with Crippen LogP contribution in [-0.4, -0.2) is 75.1 Å². The van der Waals surface area contributed by atoms with Gasteiger partial charge in [0.15, 0.2) is 34.6 Å². The number of rotatable bonds is 12. The summed E-state index contributed by atoms with van der Waals surface area (Å²) in [6.07, 6.45) is 1.94. The van der Waals surface area contributed by atoms with Gasteiger partial charge in [-0.15, -0.1) is 0 Å². The maximum atomic E-state index is 11.5. The first-order valence-corrected chi connectivity index (χ1v) is 10.4. The van der Waals surface area contributed by atoms with Crippen molar-refractivity contribution in [3.63, 3.8) is 0 Å². The molecule has 0 fully saturated rings. The Labute approximate surface area is 198 Å². The van der Waals surface area contributed by atoms with E-state index in [9.17, 15) is 14.7 Å². The number of carbonyl (C=O) groups excluding carboxylic acids is 2. The number of ether oxygens (including phenoxy) is 5. The first-order valence-electron chi connectivity index (χ1n) is 10.4. The standard InChI is InChI=1S/C14H20O5.C10H12O5/c1-4-5-6-19-14-12(17-2)7-10(11(16)9-15)8-13(14)18-3;1-14-8-3-6(7(12)5-11)4-9(15-2)10(8)13/h7-8,15H,4-6,9H2,1-3H3;3-4,11,13H,5H2,1-2H3. The van der Waals surface area contributed by atoms with Crippen LogP contribution in [-0.2, 0) is 0 Å². The Morgan fingerprint density at radius 1 is 0.735 bits per heavy atom. The lowest BCUT2D eigenvalue weighted by molar-refractivity contribution is 0.0897. The quantitative estimate of drug-likeness (QED) is 0.307. The minimum absolute atomic E-state index is 0.131. The van der Waals surface area contributed by atoms with E-state index < -0.39 is 24.8 Å². The SMILES string of the molecule is CCCCOc1c(OC)cc(C(=O)CO)cc1OC.COc1cc(C(=O)CO)cc(OC)c1O. The van der Waals surface area contributed by atoms with Crippen molar-refractivity contribution in [2.24, 2.45) is 0 Å². The molecular weight excluding hydrogens is 448 g/mol. The van der Waals surface area contributed by atoms with Crippen LogP contribution >= 0.6 is 0 Å². The first kappa shape index (κ1) is 28.5. The summed E-state index contributed by atoms with van der Waals surface area (Å²) in [5.41, 5.74) is 0.558. The number of aliphatic hydroxyl groups is 2. The van der Waals surface area contributed by atoms with Crippen LogP contribution in [0.3, 0.4) is 0 Å². The van der Waals surface area contributed by atoms with Gasteiger partial charge in [-0.2, -0.15) is 0 Å². The molecule has 0 spiro atoms. The van der Waals surface area contributed by atoms with Gasteiger partial charge in [0.1, 0.15) is 13.2 Å². The number of unbranched alkanes of at least 4 members (excludes halogenated alkanes) is 1. The zero-order valence-corrected chi connectivity index (χ0v) is 20.0. The van der Waals surface area contributed by atoms with Crippen LogP contribution in [0.1, 0.15) is 40.5 Å². The number of benzene rings is 2. The van der Waals surface area contributed by atoms with Gasteiger partial charge in [-0.25, -0.2) is 0 Å². The van der Waals surface area contributed by atoms with Crippen LogP contribution in [0.2, 0.25) is 0 Å². The summed E-state index contributed by atoms with van der Waals surface area (Å²) >= 11 is 0. The van der Waals surface area contributed by atoms with E-state index in [2.05, 4.69) is 6.92 Å². The fourth-order valence-corrected chi connectivity index (χ4v) is 2.74. The highest BCUT2D eigenvalue weighted by Gasteiger charge is 2.17. The summed E-state index contributed by atoms with van der Waals surface area (Å²) in [6.45, 7) is 1.47. The number of ketones is 2. The van der Waals surface area contributed by atoms with Gasteiger partial charge < -0.3 is 39.0 Å². The number of aliphatic hydroxyl groups excluding tert-OH is 2. The average molecular weight is 481 g/mol. The molecule has 2 aromatic carbocycles. The monoisotopic (exact) mass is 480 g/mol. The van der Waals surface area contributed by atoms with E-state index in [-0.39, 0.29) is 22.8 Å². The number of aromatic hydroxyl groups is 1. The highest BCUT2D eigenvalue weighted by Crippen LogP contribution is 2.39. The minimum atomic E-state index is -0.600. The van der Waals surface area contributed by atoms with E-state index in [1.165, 1.54) is 40.6 Å². The second kappa shape index (κ2) is 14.6.